The first-order valence-corrected chi connectivity index (χ1v) is 1.06. The lowest BCUT2D eigenvalue weighted by Crippen LogP contribution is -1.45. The molecular weight excluding hydrogens is 84.0 g/mol. The van der Waals surface area contributed by atoms with Crippen LogP contribution in [0.5, 0.6) is 0 Å². The van der Waals surface area contributed by atoms with Crippen LogP contribution in [0.15, 0.2) is 10.2 Å². The number of carbonyl (C=O) groups excluding carboxylic acids is 2. The van der Waals surface area contributed by atoms with Gasteiger partial charge < -0.3 is 0 Å². The predicted molar refractivity (Wildman–Crippen MR) is 16.2 cm³/mol. The van der Waals surface area contributed by atoms with E-state index in [1.807, 2.05) is 0 Å². The van der Waals surface area contributed by atoms with Crippen LogP contribution < -0.4 is 0 Å². The molecule has 0 N–H and O–H groups in total. The van der Waals surface area contributed by atoms with Gasteiger partial charge in [-0.3, -0.25) is 0 Å². The molecule has 0 saturated heterocycles. The highest BCUT2D eigenvalue weighted by Gasteiger charge is 1.49. The number of nitrogens with zero attached hydrogens (tertiary/aromatic N) is 2. The highest BCUT2D eigenvalue weighted by atomic mass is 16.1. The van der Waals surface area contributed by atoms with E-state index in [2.05, 4.69) is 10.2 Å². The summed E-state index contributed by atoms with van der Waals surface area (Å²) < 4.78 is 0. The van der Waals surface area contributed by atoms with Gasteiger partial charge in [-0.2, -0.15) is 0 Å². The standard InChI is InChI=1S/C2N2O2/c5-1-3-4-2-6. The summed E-state index contributed by atoms with van der Waals surface area (Å²) in [5, 5.41) is 4.97. The van der Waals surface area contributed by atoms with Gasteiger partial charge in [-0.1, -0.05) is 10.2 Å². The van der Waals surface area contributed by atoms with Crippen molar-refractivity contribution in [2.45, 2.75) is 0 Å². The summed E-state index contributed by atoms with van der Waals surface area (Å²) in [6, 6.07) is 0. The lowest BCUT2D eigenvalue weighted by molar-refractivity contribution is 0.557. The van der Waals surface area contributed by atoms with Crippen molar-refractivity contribution >= 4 is 12.2 Å². The molecule has 0 aromatic rings. The Labute approximate surface area is 33.2 Å². The normalized spacial score (nSPS) is 4.67. The van der Waals surface area contributed by atoms with Crippen LogP contribution >= 0.6 is 0 Å². The zero-order chi connectivity index (χ0) is 4.83. The average molecular weight is 84.0 g/mol. The summed E-state index contributed by atoms with van der Waals surface area (Å²) >= 11 is 0. The minimum Gasteiger partial charge on any atom is -0.209 e. The predicted octanol–water partition coefficient (Wildman–Crippen LogP) is -0.427. The highest BCUT2D eigenvalue weighted by Crippen LogP contribution is 1.52. The maximum atomic E-state index is 9.00. The van der Waals surface area contributed by atoms with E-state index in [4.69, 9.17) is 9.59 Å². The van der Waals surface area contributed by atoms with Gasteiger partial charge in [0.05, 0.1) is 0 Å². The van der Waals surface area contributed by atoms with E-state index in [0.717, 1.165) is 12.2 Å². The second-order valence-electron chi connectivity index (χ2n) is 0.383. The van der Waals surface area contributed by atoms with Gasteiger partial charge in [0, 0.05) is 0 Å². The topological polar surface area (TPSA) is 58.9 Å². The maximum Gasteiger partial charge on any atom is 0.261 e. The Morgan fingerprint density at radius 1 is 1.00 bits per heavy atom. The summed E-state index contributed by atoms with van der Waals surface area (Å²) in [5.41, 5.74) is 0. The van der Waals surface area contributed by atoms with E-state index in [-0.39, 0.29) is 0 Å². The van der Waals surface area contributed by atoms with Crippen LogP contribution in [0.1, 0.15) is 0 Å². The zero-order valence-electron chi connectivity index (χ0n) is 2.71. The van der Waals surface area contributed by atoms with Crippen molar-refractivity contribution < 1.29 is 9.59 Å². The van der Waals surface area contributed by atoms with Crippen molar-refractivity contribution in [2.75, 3.05) is 0 Å². The molecule has 0 unspecified atom stereocenters. The lowest BCUT2D eigenvalue weighted by atomic mass is 11.6. The average Bonchev–Trinajstić information content (AvgIpc) is 1.61. The molecule has 0 rings (SSSR count). The van der Waals surface area contributed by atoms with Crippen LogP contribution in [-0.2, 0) is 9.59 Å². The molecule has 0 aromatic carbocycles. The van der Waals surface area contributed by atoms with E-state index in [9.17, 15) is 0 Å². The van der Waals surface area contributed by atoms with Crippen LogP contribution in [-0.4, -0.2) is 12.2 Å². The smallest absolute Gasteiger partial charge is 0.209 e. The molecular formula is C2N2O2. The summed E-state index contributed by atoms with van der Waals surface area (Å²) in [4.78, 5) is 18.0. The van der Waals surface area contributed by atoms with Crippen LogP contribution in [0.25, 0.3) is 0 Å². The van der Waals surface area contributed by atoms with E-state index < -0.39 is 0 Å². The third kappa shape index (κ3) is 2.76. The Morgan fingerprint density at radius 2 is 1.33 bits per heavy atom. The fourth-order valence-electron chi connectivity index (χ4n) is 0.0408. The van der Waals surface area contributed by atoms with Gasteiger partial charge in [0.15, 0.2) is 0 Å². The van der Waals surface area contributed by atoms with Crippen LogP contribution in [0.2, 0.25) is 0 Å². The Kier molecular flexibility index (Phi) is 2.98. The minimum atomic E-state index is 1.01. The maximum absolute atomic E-state index is 9.00. The van der Waals surface area contributed by atoms with Crippen molar-refractivity contribution in [3.05, 3.63) is 0 Å². The number of isocyanates is 2. The molecule has 0 spiro atoms. The first-order valence-electron chi connectivity index (χ1n) is 1.06. The summed E-state index contributed by atoms with van der Waals surface area (Å²) in [7, 11) is 0. The fourth-order valence-corrected chi connectivity index (χ4v) is 0.0408. The summed E-state index contributed by atoms with van der Waals surface area (Å²) in [6.07, 6.45) is 2.03. The molecule has 0 saturated carbocycles. The van der Waals surface area contributed by atoms with E-state index >= 15 is 0 Å². The number of hydrogen-bond donors (Lipinski definition) is 0. The molecule has 0 fully saturated rings. The van der Waals surface area contributed by atoms with Gasteiger partial charge in [-0.05, 0) is 0 Å². The molecule has 4 nitrogen and oxygen atoms in total. The van der Waals surface area contributed by atoms with E-state index in [1.54, 1.807) is 0 Å². The Morgan fingerprint density at radius 3 is 1.50 bits per heavy atom. The first-order chi connectivity index (χ1) is 2.91. The largest absolute Gasteiger partial charge is 0.261 e. The van der Waals surface area contributed by atoms with Crippen molar-refractivity contribution in [3.63, 3.8) is 0 Å². The van der Waals surface area contributed by atoms with Gasteiger partial charge >= 0.3 is 0 Å². The second kappa shape index (κ2) is 3.76. The van der Waals surface area contributed by atoms with E-state index in [1.165, 1.54) is 0 Å². The van der Waals surface area contributed by atoms with Gasteiger partial charge in [0.25, 0.3) is 12.2 Å². The van der Waals surface area contributed by atoms with Gasteiger partial charge in [0.1, 0.15) is 0 Å². The fraction of sp³-hybridized carbons (Fsp3) is 0. The van der Waals surface area contributed by atoms with Crippen molar-refractivity contribution in [1.29, 1.82) is 0 Å². The lowest BCUT2D eigenvalue weighted by Gasteiger charge is -1.44. The molecule has 6 heavy (non-hydrogen) atoms. The Hall–Kier alpha value is -1.24. The van der Waals surface area contributed by atoms with Crippen molar-refractivity contribution in [3.8, 4) is 0 Å². The van der Waals surface area contributed by atoms with Gasteiger partial charge in [0.2, 0.25) is 0 Å². The number of rotatable bonds is 1. The van der Waals surface area contributed by atoms with Crippen molar-refractivity contribution in [2.24, 2.45) is 10.2 Å². The van der Waals surface area contributed by atoms with Crippen molar-refractivity contribution in [1.82, 2.24) is 0 Å². The summed E-state index contributed by atoms with van der Waals surface area (Å²) in [6.45, 7) is 0. The Balaban J connectivity index is 3.64. The molecule has 0 aliphatic carbocycles. The monoisotopic (exact) mass is 84.0 g/mol. The third-order valence-corrected chi connectivity index (χ3v) is 0.132. The minimum absolute atomic E-state index is 1.01. The molecule has 0 heterocycles. The molecule has 30 valence electrons. The molecule has 0 atom stereocenters. The summed E-state index contributed by atoms with van der Waals surface area (Å²) in [5.74, 6) is 0. The molecule has 0 bridgehead atoms. The van der Waals surface area contributed by atoms with Crippen LogP contribution in [0, 0.1) is 0 Å². The SMILES string of the molecule is O=C=NN=C=O. The zero-order valence-corrected chi connectivity index (χ0v) is 2.71. The second-order valence-corrected chi connectivity index (χ2v) is 0.383. The highest BCUT2D eigenvalue weighted by molar-refractivity contribution is 5.37. The Bertz CT molecular complexity index is 102. The van der Waals surface area contributed by atoms with Crippen LogP contribution in [0.4, 0.5) is 0 Å². The molecule has 0 aliphatic rings. The molecule has 4 heteroatoms. The van der Waals surface area contributed by atoms with Gasteiger partial charge in [-0.15, -0.1) is 0 Å². The molecule has 0 radical (unpaired) electrons. The number of hydrogen-bond acceptors (Lipinski definition) is 4. The first kappa shape index (κ1) is 4.76. The molecule has 0 aliphatic heterocycles. The van der Waals surface area contributed by atoms with Crippen LogP contribution in [0.3, 0.4) is 0 Å². The molecule has 0 aromatic heterocycles. The molecule has 0 amide bonds. The third-order valence-electron chi connectivity index (χ3n) is 0.132. The van der Waals surface area contributed by atoms with Gasteiger partial charge in [-0.25, -0.2) is 9.59 Å². The van der Waals surface area contributed by atoms with E-state index in [0.29, 0.717) is 0 Å². The quantitative estimate of drug-likeness (QED) is 0.246.